The van der Waals surface area contributed by atoms with Gasteiger partial charge in [-0.2, -0.15) is 0 Å². The predicted molar refractivity (Wildman–Crippen MR) is 67.9 cm³/mol. The molecule has 0 aromatic heterocycles. The lowest BCUT2D eigenvalue weighted by Gasteiger charge is -2.09. The van der Waals surface area contributed by atoms with Crippen molar-refractivity contribution in [1.82, 2.24) is 6.15 Å². The van der Waals surface area contributed by atoms with E-state index in [0.717, 1.165) is 12.8 Å². The fourth-order valence-corrected chi connectivity index (χ4v) is 1.73. The summed E-state index contributed by atoms with van der Waals surface area (Å²) in [6, 6.07) is 0. The minimum absolute atomic E-state index is 0. The number of carbonyl (C=O) groups excluding carboxylic acids is 1. The van der Waals surface area contributed by atoms with E-state index < -0.39 is 11.3 Å². The minimum atomic E-state index is -1.14. The minimum Gasteiger partial charge on any atom is -0.549 e. The molecule has 4 heteroatoms. The van der Waals surface area contributed by atoms with Crippen LogP contribution in [-0.4, -0.2) is 11.3 Å². The third-order valence-corrected chi connectivity index (χ3v) is 2.96. The van der Waals surface area contributed by atoms with Crippen molar-refractivity contribution in [3.63, 3.8) is 0 Å². The summed E-state index contributed by atoms with van der Waals surface area (Å²) in [6.07, 6.45) is 10.2. The summed E-state index contributed by atoms with van der Waals surface area (Å²) in [6.45, 7) is 2.21. The molecule has 0 spiro atoms. The molecule has 0 saturated carbocycles. The van der Waals surface area contributed by atoms with Crippen LogP contribution in [0.4, 0.5) is 0 Å². The number of rotatable bonds is 10. The van der Waals surface area contributed by atoms with Gasteiger partial charge in [0.25, 0.3) is 0 Å². The van der Waals surface area contributed by atoms with Crippen LogP contribution in [-0.2, 0) is 4.79 Å². The maximum Gasteiger partial charge on any atom is 0.0730 e. The summed E-state index contributed by atoms with van der Waals surface area (Å²) in [5.74, 6) is -1.14. The van der Waals surface area contributed by atoms with Crippen molar-refractivity contribution < 1.29 is 9.90 Å². The summed E-state index contributed by atoms with van der Waals surface area (Å²) in [5.41, 5.74) is 0. The standard InChI is InChI=1S/C12H23ClO2.H3N/c1-2-3-4-5-6-7-8-9-10-11(13)12(14)15;/h11H,2-10H2,1H3,(H,14,15);1H3. The number of hydrogen-bond acceptors (Lipinski definition) is 2. The van der Waals surface area contributed by atoms with E-state index in [1.165, 1.54) is 38.5 Å². The van der Waals surface area contributed by atoms with Crippen LogP contribution in [0.25, 0.3) is 0 Å². The highest BCUT2D eigenvalue weighted by Crippen LogP contribution is 2.12. The summed E-state index contributed by atoms with van der Waals surface area (Å²) >= 11 is 5.54. The molecule has 1 atom stereocenters. The Morgan fingerprint density at radius 2 is 1.50 bits per heavy atom. The molecule has 16 heavy (non-hydrogen) atoms. The second-order valence-electron chi connectivity index (χ2n) is 4.05. The molecule has 0 fully saturated rings. The molecule has 0 aliphatic rings. The van der Waals surface area contributed by atoms with Gasteiger partial charge in [-0.05, 0) is 6.42 Å². The molecule has 4 N–H and O–H groups in total. The molecule has 0 radical (unpaired) electrons. The summed E-state index contributed by atoms with van der Waals surface area (Å²) in [5, 5.41) is 9.49. The molecule has 0 aliphatic heterocycles. The van der Waals surface area contributed by atoms with Gasteiger partial charge in [0.15, 0.2) is 0 Å². The first kappa shape index (κ1) is 18.1. The zero-order valence-corrected chi connectivity index (χ0v) is 11.4. The van der Waals surface area contributed by atoms with Gasteiger partial charge in [-0.25, -0.2) is 0 Å². The van der Waals surface area contributed by atoms with Crippen LogP contribution in [0.2, 0.25) is 0 Å². The van der Waals surface area contributed by atoms with Gasteiger partial charge in [-0.15, -0.1) is 11.6 Å². The van der Waals surface area contributed by atoms with Crippen molar-refractivity contribution >= 4 is 17.6 Å². The molecular formula is C12H26ClNO2. The number of halogens is 1. The predicted octanol–water partition coefficient (Wildman–Crippen LogP) is 3.25. The number of carboxylic acid groups (broad SMARTS) is 1. The van der Waals surface area contributed by atoms with E-state index in [9.17, 15) is 9.90 Å². The number of aliphatic carboxylic acids is 1. The average Bonchev–Trinajstić information content (AvgIpc) is 2.21. The number of carbonyl (C=O) groups is 1. The molecule has 0 amide bonds. The molecule has 0 bridgehead atoms. The van der Waals surface area contributed by atoms with E-state index >= 15 is 0 Å². The van der Waals surface area contributed by atoms with Crippen molar-refractivity contribution in [2.24, 2.45) is 0 Å². The fourth-order valence-electron chi connectivity index (χ4n) is 1.58. The van der Waals surface area contributed by atoms with Crippen LogP contribution in [0.1, 0.15) is 64.7 Å². The number of quaternary nitrogens is 1. The number of alkyl halides is 1. The van der Waals surface area contributed by atoms with Crippen LogP contribution in [0.15, 0.2) is 0 Å². The summed E-state index contributed by atoms with van der Waals surface area (Å²) < 4.78 is 0. The second-order valence-corrected chi connectivity index (χ2v) is 4.58. The van der Waals surface area contributed by atoms with Gasteiger partial charge in [0.1, 0.15) is 0 Å². The highest BCUT2D eigenvalue weighted by molar-refractivity contribution is 6.29. The largest absolute Gasteiger partial charge is 0.549 e. The van der Waals surface area contributed by atoms with Gasteiger partial charge in [0.05, 0.1) is 11.3 Å². The van der Waals surface area contributed by atoms with Crippen LogP contribution in [0, 0.1) is 0 Å². The van der Waals surface area contributed by atoms with Crippen LogP contribution in [0.5, 0.6) is 0 Å². The van der Waals surface area contributed by atoms with Crippen LogP contribution in [0.3, 0.4) is 0 Å². The summed E-state index contributed by atoms with van der Waals surface area (Å²) in [7, 11) is 0. The smallest absolute Gasteiger partial charge is 0.0730 e. The molecule has 0 rings (SSSR count). The quantitative estimate of drug-likeness (QED) is 0.478. The molecular weight excluding hydrogens is 226 g/mol. The lowest BCUT2D eigenvalue weighted by molar-refractivity contribution is -0.305. The van der Waals surface area contributed by atoms with E-state index in [4.69, 9.17) is 11.6 Å². The first-order valence-corrected chi connectivity index (χ1v) is 6.47. The van der Waals surface area contributed by atoms with Crippen LogP contribution < -0.4 is 11.3 Å². The fraction of sp³-hybridized carbons (Fsp3) is 0.917. The maximum absolute atomic E-state index is 10.3. The first-order valence-electron chi connectivity index (χ1n) is 6.03. The Balaban J connectivity index is 0. The molecule has 98 valence electrons. The van der Waals surface area contributed by atoms with Crippen molar-refractivity contribution in [3.05, 3.63) is 0 Å². The number of hydrogen-bond donors (Lipinski definition) is 1. The second kappa shape index (κ2) is 12.8. The zero-order chi connectivity index (χ0) is 11.5. The maximum atomic E-state index is 10.3. The zero-order valence-electron chi connectivity index (χ0n) is 10.6. The Morgan fingerprint density at radius 3 is 1.94 bits per heavy atom. The molecule has 0 heterocycles. The van der Waals surface area contributed by atoms with E-state index in [2.05, 4.69) is 6.92 Å². The van der Waals surface area contributed by atoms with Crippen molar-refractivity contribution in [3.8, 4) is 0 Å². The summed E-state index contributed by atoms with van der Waals surface area (Å²) in [4.78, 5) is 10.3. The highest BCUT2D eigenvalue weighted by atomic mass is 35.5. The Kier molecular flexibility index (Phi) is 14.5. The van der Waals surface area contributed by atoms with Crippen molar-refractivity contribution in [1.29, 1.82) is 0 Å². The molecule has 1 unspecified atom stereocenters. The topological polar surface area (TPSA) is 76.6 Å². The third kappa shape index (κ3) is 11.8. The third-order valence-electron chi connectivity index (χ3n) is 2.57. The van der Waals surface area contributed by atoms with Gasteiger partial charge in [-0.3, -0.25) is 0 Å². The lowest BCUT2D eigenvalue weighted by Crippen LogP contribution is -2.31. The molecule has 3 nitrogen and oxygen atoms in total. The van der Waals surface area contributed by atoms with Gasteiger partial charge < -0.3 is 16.1 Å². The van der Waals surface area contributed by atoms with Crippen molar-refractivity contribution in [2.75, 3.05) is 0 Å². The molecule has 0 aromatic carbocycles. The average molecular weight is 252 g/mol. The molecule has 0 saturated heterocycles. The van der Waals surface area contributed by atoms with E-state index in [0.29, 0.717) is 6.42 Å². The van der Waals surface area contributed by atoms with Gasteiger partial charge >= 0.3 is 0 Å². The number of unbranched alkanes of at least 4 members (excludes halogenated alkanes) is 7. The Hall–Kier alpha value is -0.280. The highest BCUT2D eigenvalue weighted by Gasteiger charge is 2.03. The monoisotopic (exact) mass is 251 g/mol. The molecule has 0 aliphatic carbocycles. The van der Waals surface area contributed by atoms with Gasteiger partial charge in [0, 0.05) is 0 Å². The Labute approximate surface area is 104 Å². The Bertz CT molecular complexity index is 165. The molecule has 0 aromatic rings. The van der Waals surface area contributed by atoms with Crippen molar-refractivity contribution in [2.45, 2.75) is 70.1 Å². The lowest BCUT2D eigenvalue weighted by atomic mass is 10.1. The first-order chi connectivity index (χ1) is 7.18. The Morgan fingerprint density at radius 1 is 1.06 bits per heavy atom. The normalized spacial score (nSPS) is 11.9. The number of carboxylic acids is 1. The van der Waals surface area contributed by atoms with E-state index in [-0.39, 0.29) is 6.15 Å². The SMILES string of the molecule is CCCCCCCCCCC(Cl)C(=O)[O-].[NH4+]. The van der Waals surface area contributed by atoms with Crippen LogP contribution >= 0.6 is 11.6 Å². The van der Waals surface area contributed by atoms with Gasteiger partial charge in [-0.1, -0.05) is 58.3 Å². The van der Waals surface area contributed by atoms with Gasteiger partial charge in [0.2, 0.25) is 0 Å². The van der Waals surface area contributed by atoms with E-state index in [1.807, 2.05) is 0 Å². The van der Waals surface area contributed by atoms with E-state index in [1.54, 1.807) is 0 Å².